The molecule has 25 heavy (non-hydrogen) atoms. The molecule has 0 saturated heterocycles. The first-order valence-corrected chi connectivity index (χ1v) is 9.95. The fraction of sp³-hybridized carbons (Fsp3) is 0.316. The van der Waals surface area contributed by atoms with Crippen molar-refractivity contribution in [1.29, 1.82) is 0 Å². The maximum atomic E-state index is 12.4. The van der Waals surface area contributed by atoms with Crippen LogP contribution in [-0.4, -0.2) is 31.7 Å². The number of unbranched alkanes of at least 4 members (excludes halogenated alkanes) is 2. The first kappa shape index (κ1) is 17.6. The lowest BCUT2D eigenvalue weighted by Crippen LogP contribution is -2.31. The molecule has 0 atom stereocenters. The van der Waals surface area contributed by atoms with Crippen LogP contribution in [0.25, 0.3) is 0 Å². The molecule has 0 fully saturated rings. The monoisotopic (exact) mass is 358 g/mol. The zero-order valence-electron chi connectivity index (χ0n) is 14.0. The first-order chi connectivity index (χ1) is 12.1. The number of nitrogens with zero attached hydrogens (tertiary/aromatic N) is 1. The number of nitrogens with one attached hydrogen (secondary N) is 1. The number of carbonyl (C=O) groups excluding carboxylic acids is 1. The lowest BCUT2D eigenvalue weighted by atomic mass is 10.2. The van der Waals surface area contributed by atoms with E-state index in [1.54, 1.807) is 18.2 Å². The number of carbonyl (C=O) groups is 1. The summed E-state index contributed by atoms with van der Waals surface area (Å²) in [6, 6.07) is 16.6. The highest BCUT2D eigenvalue weighted by atomic mass is 32.2. The summed E-state index contributed by atoms with van der Waals surface area (Å²) in [5.74, 6) is -0.405. The Morgan fingerprint density at radius 2 is 1.60 bits per heavy atom. The maximum absolute atomic E-state index is 12.4. The average Bonchev–Trinajstić information content (AvgIpc) is 2.82. The molecule has 3 rings (SSSR count). The van der Waals surface area contributed by atoms with Gasteiger partial charge in [0.15, 0.2) is 0 Å². The number of rotatable bonds is 8. The first-order valence-electron chi connectivity index (χ1n) is 8.51. The topological polar surface area (TPSA) is 66.5 Å². The number of benzene rings is 2. The summed E-state index contributed by atoms with van der Waals surface area (Å²) < 4.78 is 25.8. The zero-order valence-corrected chi connectivity index (χ0v) is 14.8. The van der Waals surface area contributed by atoms with E-state index in [9.17, 15) is 13.2 Å². The van der Waals surface area contributed by atoms with Crippen LogP contribution in [0, 0.1) is 0 Å². The van der Waals surface area contributed by atoms with Crippen LogP contribution in [0.3, 0.4) is 0 Å². The SMILES string of the molecule is O=C1c2ccccc2S(=O)(=O)N1CCCCCNCc1ccccc1. The number of fused-ring (bicyclic) bond motifs is 1. The predicted molar refractivity (Wildman–Crippen MR) is 96.7 cm³/mol. The number of hydrogen-bond acceptors (Lipinski definition) is 4. The minimum absolute atomic E-state index is 0.129. The van der Waals surface area contributed by atoms with Crippen LogP contribution < -0.4 is 5.32 Å². The molecule has 5 nitrogen and oxygen atoms in total. The third-order valence-corrected chi connectivity index (χ3v) is 6.14. The molecule has 0 aromatic heterocycles. The van der Waals surface area contributed by atoms with Crippen molar-refractivity contribution in [3.63, 3.8) is 0 Å². The van der Waals surface area contributed by atoms with E-state index in [0.29, 0.717) is 6.42 Å². The average molecular weight is 358 g/mol. The molecule has 1 amide bonds. The highest BCUT2D eigenvalue weighted by Crippen LogP contribution is 2.29. The van der Waals surface area contributed by atoms with Gasteiger partial charge in [-0.25, -0.2) is 12.7 Å². The molecular formula is C19H22N2O3S. The highest BCUT2D eigenvalue weighted by molar-refractivity contribution is 7.90. The molecule has 0 saturated carbocycles. The lowest BCUT2D eigenvalue weighted by molar-refractivity contribution is 0.0869. The normalized spacial score (nSPS) is 15.4. The number of hydrogen-bond donors (Lipinski definition) is 1. The van der Waals surface area contributed by atoms with Gasteiger partial charge >= 0.3 is 0 Å². The molecule has 132 valence electrons. The van der Waals surface area contributed by atoms with E-state index < -0.39 is 15.9 Å². The molecule has 0 spiro atoms. The van der Waals surface area contributed by atoms with E-state index in [2.05, 4.69) is 17.4 Å². The molecular weight excluding hydrogens is 336 g/mol. The van der Waals surface area contributed by atoms with Gasteiger partial charge in [-0.15, -0.1) is 0 Å². The number of sulfonamides is 1. The standard InChI is InChI=1S/C19H22N2O3S/c22-19-17-11-5-6-12-18(17)25(23,24)21(19)14-8-2-7-13-20-15-16-9-3-1-4-10-16/h1,3-6,9-12,20H,2,7-8,13-15H2. The molecule has 1 N–H and O–H groups in total. The Labute approximate surface area is 148 Å². The van der Waals surface area contributed by atoms with Crippen molar-refractivity contribution >= 4 is 15.9 Å². The van der Waals surface area contributed by atoms with Crippen molar-refractivity contribution in [2.45, 2.75) is 30.7 Å². The molecule has 2 aromatic carbocycles. The minimum atomic E-state index is -3.66. The fourth-order valence-electron chi connectivity index (χ4n) is 2.96. The third kappa shape index (κ3) is 3.91. The minimum Gasteiger partial charge on any atom is -0.313 e. The van der Waals surface area contributed by atoms with Gasteiger partial charge in [0.2, 0.25) is 0 Å². The van der Waals surface area contributed by atoms with E-state index in [1.807, 2.05) is 18.2 Å². The van der Waals surface area contributed by atoms with E-state index in [0.717, 1.165) is 30.2 Å². The van der Waals surface area contributed by atoms with Crippen LogP contribution in [0.5, 0.6) is 0 Å². The molecule has 2 aromatic rings. The Kier molecular flexibility index (Phi) is 5.50. The van der Waals surface area contributed by atoms with Gasteiger partial charge in [0.1, 0.15) is 4.90 Å². The number of amides is 1. The van der Waals surface area contributed by atoms with Gasteiger partial charge in [-0.2, -0.15) is 0 Å². The van der Waals surface area contributed by atoms with Crippen molar-refractivity contribution in [2.75, 3.05) is 13.1 Å². The molecule has 0 radical (unpaired) electrons. The van der Waals surface area contributed by atoms with Crippen molar-refractivity contribution in [2.24, 2.45) is 0 Å². The zero-order chi connectivity index (χ0) is 17.7. The second-order valence-corrected chi connectivity index (χ2v) is 7.93. The van der Waals surface area contributed by atoms with Gasteiger partial charge in [-0.1, -0.05) is 48.9 Å². The summed E-state index contributed by atoms with van der Waals surface area (Å²) in [7, 11) is -3.66. The molecule has 1 heterocycles. The summed E-state index contributed by atoms with van der Waals surface area (Å²) in [4.78, 5) is 12.4. The molecule has 1 aliphatic rings. The van der Waals surface area contributed by atoms with Gasteiger partial charge in [-0.3, -0.25) is 4.79 Å². The van der Waals surface area contributed by atoms with Gasteiger partial charge < -0.3 is 5.32 Å². The Bertz CT molecular complexity index is 835. The quantitative estimate of drug-likeness (QED) is 0.737. The van der Waals surface area contributed by atoms with E-state index in [4.69, 9.17) is 0 Å². The highest BCUT2D eigenvalue weighted by Gasteiger charge is 2.40. The Morgan fingerprint density at radius 1 is 0.880 bits per heavy atom. The lowest BCUT2D eigenvalue weighted by Gasteiger charge is -2.14. The van der Waals surface area contributed by atoms with Crippen molar-refractivity contribution in [3.8, 4) is 0 Å². The van der Waals surface area contributed by atoms with Crippen LogP contribution in [0.15, 0.2) is 59.5 Å². The fourth-order valence-corrected chi connectivity index (χ4v) is 4.57. The van der Waals surface area contributed by atoms with Crippen LogP contribution in [0.1, 0.15) is 35.2 Å². The van der Waals surface area contributed by atoms with Crippen LogP contribution in [-0.2, 0) is 16.6 Å². The smallest absolute Gasteiger partial charge is 0.269 e. The Balaban J connectivity index is 1.40. The van der Waals surface area contributed by atoms with Gasteiger partial charge in [0.25, 0.3) is 15.9 Å². The summed E-state index contributed by atoms with van der Waals surface area (Å²) in [5.41, 5.74) is 1.53. The van der Waals surface area contributed by atoms with Gasteiger partial charge in [0, 0.05) is 13.1 Å². The largest absolute Gasteiger partial charge is 0.313 e. The summed E-state index contributed by atoms with van der Waals surface area (Å²) in [6.45, 7) is 1.94. The second kappa shape index (κ2) is 7.80. The van der Waals surface area contributed by atoms with Crippen molar-refractivity contribution < 1.29 is 13.2 Å². The predicted octanol–water partition coefficient (Wildman–Crippen LogP) is 2.79. The molecule has 0 aliphatic carbocycles. The van der Waals surface area contributed by atoms with Gasteiger partial charge in [0.05, 0.1) is 5.56 Å². The Hall–Kier alpha value is -2.18. The van der Waals surface area contributed by atoms with E-state index in [-0.39, 0.29) is 17.0 Å². The molecule has 0 unspecified atom stereocenters. The summed E-state index contributed by atoms with van der Waals surface area (Å²) in [5, 5.41) is 3.37. The second-order valence-electron chi connectivity index (χ2n) is 6.10. The molecule has 1 aliphatic heterocycles. The summed E-state index contributed by atoms with van der Waals surface area (Å²) in [6.07, 6.45) is 2.49. The molecule has 6 heteroatoms. The van der Waals surface area contributed by atoms with Gasteiger partial charge in [-0.05, 0) is 37.1 Å². The van der Waals surface area contributed by atoms with Crippen molar-refractivity contribution in [1.82, 2.24) is 9.62 Å². The maximum Gasteiger partial charge on any atom is 0.269 e. The Morgan fingerprint density at radius 3 is 2.36 bits per heavy atom. The van der Waals surface area contributed by atoms with E-state index >= 15 is 0 Å². The third-order valence-electron chi connectivity index (χ3n) is 4.30. The van der Waals surface area contributed by atoms with Crippen LogP contribution in [0.4, 0.5) is 0 Å². The van der Waals surface area contributed by atoms with E-state index in [1.165, 1.54) is 11.6 Å². The van der Waals surface area contributed by atoms with Crippen LogP contribution in [0.2, 0.25) is 0 Å². The summed E-state index contributed by atoms with van der Waals surface area (Å²) >= 11 is 0. The van der Waals surface area contributed by atoms with Crippen molar-refractivity contribution in [3.05, 3.63) is 65.7 Å². The van der Waals surface area contributed by atoms with Crippen LogP contribution >= 0.6 is 0 Å². The molecule has 0 bridgehead atoms.